The van der Waals surface area contributed by atoms with Gasteiger partial charge in [-0.25, -0.2) is 0 Å². The number of anilines is 1. The van der Waals surface area contributed by atoms with E-state index in [-0.39, 0.29) is 11.9 Å². The Morgan fingerprint density at radius 3 is 3.00 bits per heavy atom. The van der Waals surface area contributed by atoms with Crippen molar-refractivity contribution in [1.82, 2.24) is 0 Å². The van der Waals surface area contributed by atoms with Crippen molar-refractivity contribution in [2.75, 3.05) is 25.1 Å². The first-order valence-corrected chi connectivity index (χ1v) is 6.09. The third kappa shape index (κ3) is 2.37. The van der Waals surface area contributed by atoms with Gasteiger partial charge in [-0.2, -0.15) is 0 Å². The molecule has 0 aliphatic carbocycles. The van der Waals surface area contributed by atoms with Crippen LogP contribution in [0, 0.1) is 0 Å². The molecule has 1 unspecified atom stereocenters. The van der Waals surface area contributed by atoms with Crippen molar-refractivity contribution in [1.29, 1.82) is 0 Å². The topological polar surface area (TPSA) is 71.1 Å². The van der Waals surface area contributed by atoms with Crippen LogP contribution in [-0.2, 0) is 4.74 Å². The first-order chi connectivity index (χ1) is 8.67. The highest BCUT2D eigenvalue weighted by atomic mass is 35.5. The molecule has 3 N–H and O–H groups in total. The zero-order valence-electron chi connectivity index (χ0n) is 10.1. The van der Waals surface area contributed by atoms with Crippen molar-refractivity contribution in [3.63, 3.8) is 0 Å². The molecule has 0 spiro atoms. The molecule has 1 aromatic rings. The van der Waals surface area contributed by atoms with Crippen molar-refractivity contribution in [3.05, 3.63) is 28.8 Å². The highest BCUT2D eigenvalue weighted by molar-refractivity contribution is 6.34. The number of amidine groups is 1. The molecule has 1 atom stereocenters. The Morgan fingerprint density at radius 1 is 1.61 bits per heavy atom. The summed E-state index contributed by atoms with van der Waals surface area (Å²) in [7, 11) is 1.70. The maximum atomic E-state index is 8.84. The smallest absolute Gasteiger partial charge is 0.173 e. The number of nitrogens with two attached hydrogens (primary N) is 1. The molecule has 1 aromatic carbocycles. The highest BCUT2D eigenvalue weighted by Crippen LogP contribution is 2.30. The van der Waals surface area contributed by atoms with E-state index in [0.717, 1.165) is 25.2 Å². The molecule has 6 heteroatoms. The van der Waals surface area contributed by atoms with E-state index in [9.17, 15) is 0 Å². The first kappa shape index (κ1) is 13.0. The van der Waals surface area contributed by atoms with Gasteiger partial charge in [0.1, 0.15) is 0 Å². The fourth-order valence-corrected chi connectivity index (χ4v) is 2.49. The molecule has 1 aliphatic heterocycles. The van der Waals surface area contributed by atoms with Gasteiger partial charge in [-0.1, -0.05) is 22.8 Å². The van der Waals surface area contributed by atoms with Gasteiger partial charge in [0.2, 0.25) is 0 Å². The Balaban J connectivity index is 2.36. The Labute approximate surface area is 111 Å². The number of benzene rings is 1. The van der Waals surface area contributed by atoms with E-state index in [2.05, 4.69) is 10.1 Å². The molecule has 0 radical (unpaired) electrons. The molecular weight excluding hydrogens is 254 g/mol. The number of methoxy groups -OCH3 is 1. The number of oxime groups is 1. The number of hydrogen-bond donors (Lipinski definition) is 2. The average molecular weight is 270 g/mol. The maximum Gasteiger partial charge on any atom is 0.173 e. The summed E-state index contributed by atoms with van der Waals surface area (Å²) in [6.07, 6.45) is 1.17. The molecular formula is C12H16ClN3O2. The van der Waals surface area contributed by atoms with Gasteiger partial charge in [-0.3, -0.25) is 0 Å². The minimum Gasteiger partial charge on any atom is -0.409 e. The summed E-state index contributed by atoms with van der Waals surface area (Å²) in [6, 6.07) is 5.49. The average Bonchev–Trinajstić information content (AvgIpc) is 2.86. The number of ether oxygens (including phenoxy) is 1. The Kier molecular flexibility index (Phi) is 3.93. The highest BCUT2D eigenvalue weighted by Gasteiger charge is 2.25. The van der Waals surface area contributed by atoms with E-state index < -0.39 is 0 Å². The van der Waals surface area contributed by atoms with Crippen molar-refractivity contribution in [2.24, 2.45) is 10.9 Å². The fraction of sp³-hybridized carbons (Fsp3) is 0.417. The van der Waals surface area contributed by atoms with E-state index in [1.165, 1.54) is 0 Å². The van der Waals surface area contributed by atoms with Crippen molar-refractivity contribution < 1.29 is 9.94 Å². The molecule has 0 amide bonds. The fourth-order valence-electron chi connectivity index (χ4n) is 2.22. The van der Waals surface area contributed by atoms with Gasteiger partial charge in [0.15, 0.2) is 5.84 Å². The van der Waals surface area contributed by atoms with Gasteiger partial charge in [0.25, 0.3) is 0 Å². The molecule has 5 nitrogen and oxygen atoms in total. The van der Waals surface area contributed by atoms with Crippen LogP contribution in [0.5, 0.6) is 0 Å². The number of nitrogens with zero attached hydrogens (tertiary/aromatic N) is 2. The number of hydrogen-bond acceptors (Lipinski definition) is 4. The summed E-state index contributed by atoms with van der Waals surface area (Å²) in [5.74, 6) is 0.0245. The lowest BCUT2D eigenvalue weighted by Gasteiger charge is -2.22. The van der Waals surface area contributed by atoms with Crippen LogP contribution in [0.3, 0.4) is 0 Å². The SMILES string of the molecule is COC1CCN(c2cccc(Cl)c2/C(N)=N/O)C1. The van der Waals surface area contributed by atoms with Crippen LogP contribution in [0.15, 0.2) is 23.4 Å². The Bertz CT molecular complexity index is 465. The molecule has 1 saturated heterocycles. The van der Waals surface area contributed by atoms with Crippen LogP contribution in [0.1, 0.15) is 12.0 Å². The van der Waals surface area contributed by atoms with Gasteiger partial charge in [-0.15, -0.1) is 0 Å². The second-order valence-corrected chi connectivity index (χ2v) is 4.62. The molecule has 18 heavy (non-hydrogen) atoms. The molecule has 1 aliphatic rings. The van der Waals surface area contributed by atoms with Crippen LogP contribution in [0.4, 0.5) is 5.69 Å². The molecule has 1 heterocycles. The lowest BCUT2D eigenvalue weighted by Crippen LogP contribution is -2.26. The third-order valence-electron chi connectivity index (χ3n) is 3.17. The summed E-state index contributed by atoms with van der Waals surface area (Å²) < 4.78 is 5.33. The molecule has 1 fully saturated rings. The van der Waals surface area contributed by atoms with E-state index in [0.29, 0.717) is 10.6 Å². The van der Waals surface area contributed by atoms with Crippen LogP contribution in [0.25, 0.3) is 0 Å². The first-order valence-electron chi connectivity index (χ1n) is 5.71. The monoisotopic (exact) mass is 269 g/mol. The molecule has 98 valence electrons. The summed E-state index contributed by atoms with van der Waals surface area (Å²) in [5, 5.41) is 12.4. The summed E-state index contributed by atoms with van der Waals surface area (Å²) >= 11 is 6.12. The van der Waals surface area contributed by atoms with E-state index >= 15 is 0 Å². The second-order valence-electron chi connectivity index (χ2n) is 4.21. The Morgan fingerprint density at radius 2 is 2.39 bits per heavy atom. The van der Waals surface area contributed by atoms with Crippen LogP contribution in [-0.4, -0.2) is 37.3 Å². The predicted molar refractivity (Wildman–Crippen MR) is 71.6 cm³/mol. The zero-order valence-corrected chi connectivity index (χ0v) is 10.9. The van der Waals surface area contributed by atoms with Gasteiger partial charge in [0, 0.05) is 25.9 Å². The summed E-state index contributed by atoms with van der Waals surface area (Å²) in [6.45, 7) is 1.65. The van der Waals surface area contributed by atoms with Crippen LogP contribution >= 0.6 is 11.6 Å². The molecule has 2 rings (SSSR count). The Hall–Kier alpha value is -1.46. The van der Waals surface area contributed by atoms with Gasteiger partial charge >= 0.3 is 0 Å². The van der Waals surface area contributed by atoms with E-state index in [4.69, 9.17) is 27.3 Å². The summed E-state index contributed by atoms with van der Waals surface area (Å²) in [5.41, 5.74) is 7.13. The van der Waals surface area contributed by atoms with Crippen molar-refractivity contribution in [2.45, 2.75) is 12.5 Å². The largest absolute Gasteiger partial charge is 0.409 e. The lowest BCUT2D eigenvalue weighted by molar-refractivity contribution is 0.121. The molecule has 0 bridgehead atoms. The second kappa shape index (κ2) is 5.46. The predicted octanol–water partition coefficient (Wildman–Crippen LogP) is 1.66. The normalized spacial score (nSPS) is 20.4. The van der Waals surface area contributed by atoms with Gasteiger partial charge in [-0.05, 0) is 18.6 Å². The van der Waals surface area contributed by atoms with E-state index in [1.807, 2.05) is 12.1 Å². The minimum absolute atomic E-state index is 0.0245. The molecule has 0 aromatic heterocycles. The van der Waals surface area contributed by atoms with Crippen molar-refractivity contribution >= 4 is 23.1 Å². The van der Waals surface area contributed by atoms with Crippen LogP contribution < -0.4 is 10.6 Å². The summed E-state index contributed by atoms with van der Waals surface area (Å²) in [4.78, 5) is 2.13. The maximum absolute atomic E-state index is 8.84. The lowest BCUT2D eigenvalue weighted by atomic mass is 10.1. The number of rotatable bonds is 3. The van der Waals surface area contributed by atoms with E-state index in [1.54, 1.807) is 13.2 Å². The standard InChI is InChI=1S/C12H16ClN3O2/c1-18-8-5-6-16(7-8)10-4-2-3-9(13)11(10)12(14)15-17/h2-4,8,17H,5-7H2,1H3,(H2,14,15). The van der Waals surface area contributed by atoms with Crippen molar-refractivity contribution in [3.8, 4) is 0 Å². The van der Waals surface area contributed by atoms with Gasteiger partial charge < -0.3 is 20.6 Å². The molecule has 0 saturated carbocycles. The minimum atomic E-state index is 0.0245. The van der Waals surface area contributed by atoms with Gasteiger partial charge in [0.05, 0.1) is 16.7 Å². The number of halogens is 1. The quantitative estimate of drug-likeness (QED) is 0.379. The zero-order chi connectivity index (χ0) is 13.1. The third-order valence-corrected chi connectivity index (χ3v) is 3.49. The van der Waals surface area contributed by atoms with Crippen LogP contribution in [0.2, 0.25) is 5.02 Å².